The lowest BCUT2D eigenvalue weighted by Crippen LogP contribution is -2.11. The minimum Gasteiger partial charge on any atom is -0.249 e. The van der Waals surface area contributed by atoms with Gasteiger partial charge in [-0.2, -0.15) is 0 Å². The summed E-state index contributed by atoms with van der Waals surface area (Å²) in [6.45, 7) is 1.46. The molecule has 0 N–H and O–H groups in total. The van der Waals surface area contributed by atoms with E-state index in [1.54, 1.807) is 0 Å². The average Bonchev–Trinajstić information content (AvgIpc) is 2.17. The molecule has 0 aliphatic rings. The number of benzene rings is 1. The Hall–Kier alpha value is -0.560. The quantitative estimate of drug-likeness (QED) is 0.635. The molecular weight excluding hydrogens is 175 g/mol. The maximum Gasteiger partial charge on any atom is 0.106 e. The Morgan fingerprint density at radius 3 is 2.42 bits per heavy atom. The van der Waals surface area contributed by atoms with Crippen molar-refractivity contribution < 1.29 is 4.39 Å². The summed E-state index contributed by atoms with van der Waals surface area (Å²) in [7, 11) is 0. The molecule has 2 atom stereocenters. The van der Waals surface area contributed by atoms with Crippen molar-refractivity contribution in [1.82, 2.24) is 0 Å². The largest absolute Gasteiger partial charge is 0.249 e. The van der Waals surface area contributed by atoms with E-state index in [4.69, 9.17) is 11.6 Å². The highest BCUT2D eigenvalue weighted by molar-refractivity contribution is 6.21. The van der Waals surface area contributed by atoms with Gasteiger partial charge in [-0.15, -0.1) is 11.6 Å². The van der Waals surface area contributed by atoms with Crippen LogP contribution in [0.4, 0.5) is 4.39 Å². The van der Waals surface area contributed by atoms with Crippen molar-refractivity contribution in [3.05, 3.63) is 35.9 Å². The summed E-state index contributed by atoms with van der Waals surface area (Å²) in [5.74, 6) is 0.0814. The Bertz CT molecular complexity index is 223. The number of hydrogen-bond donors (Lipinski definition) is 0. The zero-order valence-corrected chi connectivity index (χ0v) is 7.76. The second-order valence-electron chi connectivity index (χ2n) is 2.87. The molecule has 1 aromatic carbocycles. The van der Waals surface area contributed by atoms with Crippen LogP contribution in [0, 0.1) is 0 Å². The van der Waals surface area contributed by atoms with E-state index in [2.05, 4.69) is 0 Å². The van der Waals surface area contributed by atoms with Crippen LogP contribution in [0.3, 0.4) is 0 Å². The van der Waals surface area contributed by atoms with Crippen molar-refractivity contribution in [2.45, 2.75) is 18.2 Å². The monoisotopic (exact) mass is 186 g/mol. The summed E-state index contributed by atoms with van der Waals surface area (Å²) in [5.41, 5.74) is 1.09. The first-order chi connectivity index (χ1) is 5.75. The Morgan fingerprint density at radius 1 is 1.33 bits per heavy atom. The van der Waals surface area contributed by atoms with Crippen molar-refractivity contribution in [2.24, 2.45) is 0 Å². The summed E-state index contributed by atoms with van der Waals surface area (Å²) in [5, 5.41) is -0.410. The maximum atomic E-state index is 12.2. The van der Waals surface area contributed by atoms with Gasteiger partial charge in [-0.3, -0.25) is 0 Å². The van der Waals surface area contributed by atoms with Crippen LogP contribution in [0.5, 0.6) is 0 Å². The van der Waals surface area contributed by atoms with Crippen LogP contribution in [0.25, 0.3) is 0 Å². The Kier molecular flexibility index (Phi) is 3.54. The van der Waals surface area contributed by atoms with Crippen LogP contribution in [0.2, 0.25) is 0 Å². The second-order valence-corrected chi connectivity index (χ2v) is 3.43. The summed E-state index contributed by atoms with van der Waals surface area (Å²) in [4.78, 5) is 0. The Balaban J connectivity index is 2.71. The molecule has 0 aliphatic heterocycles. The van der Waals surface area contributed by atoms with Crippen LogP contribution >= 0.6 is 11.6 Å². The lowest BCUT2D eigenvalue weighted by atomic mass is 9.98. The molecule has 0 heterocycles. The average molecular weight is 187 g/mol. The van der Waals surface area contributed by atoms with Crippen LogP contribution in [-0.4, -0.2) is 12.1 Å². The molecule has 1 aromatic rings. The second kappa shape index (κ2) is 4.46. The molecule has 0 aliphatic carbocycles. The SMILES string of the molecule is CC(c1ccccc1)C(Cl)CF. The van der Waals surface area contributed by atoms with E-state index in [1.807, 2.05) is 37.3 Å². The van der Waals surface area contributed by atoms with E-state index < -0.39 is 12.1 Å². The molecule has 0 saturated carbocycles. The van der Waals surface area contributed by atoms with Gasteiger partial charge in [0.15, 0.2) is 0 Å². The lowest BCUT2D eigenvalue weighted by molar-refractivity contribution is 0.454. The van der Waals surface area contributed by atoms with Gasteiger partial charge in [0.1, 0.15) is 6.67 Å². The van der Waals surface area contributed by atoms with E-state index in [0.717, 1.165) is 5.56 Å². The topological polar surface area (TPSA) is 0 Å². The number of hydrogen-bond acceptors (Lipinski definition) is 0. The zero-order valence-electron chi connectivity index (χ0n) is 7.00. The van der Waals surface area contributed by atoms with E-state index in [9.17, 15) is 4.39 Å². The normalized spacial score (nSPS) is 15.6. The van der Waals surface area contributed by atoms with Crippen LogP contribution in [0.15, 0.2) is 30.3 Å². The van der Waals surface area contributed by atoms with Crippen molar-refractivity contribution in [3.8, 4) is 0 Å². The van der Waals surface area contributed by atoms with Gasteiger partial charge in [0.25, 0.3) is 0 Å². The fourth-order valence-corrected chi connectivity index (χ4v) is 1.24. The van der Waals surface area contributed by atoms with Crippen molar-refractivity contribution in [2.75, 3.05) is 6.67 Å². The zero-order chi connectivity index (χ0) is 8.97. The third-order valence-corrected chi connectivity index (χ3v) is 2.51. The van der Waals surface area contributed by atoms with Crippen LogP contribution in [0.1, 0.15) is 18.4 Å². The fourth-order valence-electron chi connectivity index (χ4n) is 1.10. The molecule has 66 valence electrons. The first kappa shape index (κ1) is 9.53. The number of alkyl halides is 2. The summed E-state index contributed by atoms with van der Waals surface area (Å²) >= 11 is 5.78. The molecule has 0 radical (unpaired) electrons. The highest BCUT2D eigenvalue weighted by Gasteiger charge is 2.15. The lowest BCUT2D eigenvalue weighted by Gasteiger charge is -2.14. The van der Waals surface area contributed by atoms with Gasteiger partial charge in [-0.05, 0) is 11.5 Å². The number of rotatable bonds is 3. The molecule has 0 nitrogen and oxygen atoms in total. The van der Waals surface area contributed by atoms with Gasteiger partial charge in [0.05, 0.1) is 5.38 Å². The third-order valence-electron chi connectivity index (χ3n) is 2.02. The van der Waals surface area contributed by atoms with Gasteiger partial charge in [-0.25, -0.2) is 4.39 Å². The molecule has 1 rings (SSSR count). The van der Waals surface area contributed by atoms with E-state index >= 15 is 0 Å². The van der Waals surface area contributed by atoms with Gasteiger partial charge in [0, 0.05) is 0 Å². The molecule has 0 fully saturated rings. The molecular formula is C10H12ClF. The van der Waals surface area contributed by atoms with Crippen LogP contribution in [-0.2, 0) is 0 Å². The van der Waals surface area contributed by atoms with Crippen molar-refractivity contribution in [1.29, 1.82) is 0 Å². The third kappa shape index (κ3) is 2.21. The smallest absolute Gasteiger partial charge is 0.106 e. The maximum absolute atomic E-state index is 12.2. The van der Waals surface area contributed by atoms with E-state index in [1.165, 1.54) is 0 Å². The first-order valence-electron chi connectivity index (χ1n) is 4.00. The molecule has 12 heavy (non-hydrogen) atoms. The molecule has 0 saturated heterocycles. The minimum absolute atomic E-state index is 0.0814. The molecule has 2 unspecified atom stereocenters. The predicted molar refractivity (Wildman–Crippen MR) is 50.5 cm³/mol. The fraction of sp³-hybridized carbons (Fsp3) is 0.400. The molecule has 0 spiro atoms. The molecule has 0 bridgehead atoms. The summed E-state index contributed by atoms with van der Waals surface area (Å²) in [6, 6.07) is 9.75. The van der Waals surface area contributed by atoms with Crippen LogP contribution < -0.4 is 0 Å². The van der Waals surface area contributed by atoms with Gasteiger partial charge in [0.2, 0.25) is 0 Å². The van der Waals surface area contributed by atoms with Gasteiger partial charge < -0.3 is 0 Å². The first-order valence-corrected chi connectivity index (χ1v) is 4.44. The minimum atomic E-state index is -0.475. The van der Waals surface area contributed by atoms with Crippen molar-refractivity contribution >= 4 is 11.6 Å². The Morgan fingerprint density at radius 2 is 1.92 bits per heavy atom. The standard InChI is InChI=1S/C10H12ClF/c1-8(10(11)7-12)9-5-3-2-4-6-9/h2-6,8,10H,7H2,1H3. The van der Waals surface area contributed by atoms with E-state index in [-0.39, 0.29) is 5.92 Å². The Labute approximate surface area is 77.4 Å². The summed E-state index contributed by atoms with van der Waals surface area (Å²) < 4.78 is 12.2. The van der Waals surface area contributed by atoms with Gasteiger partial charge in [-0.1, -0.05) is 37.3 Å². The molecule has 0 aromatic heterocycles. The highest BCUT2D eigenvalue weighted by Crippen LogP contribution is 2.22. The summed E-state index contributed by atoms with van der Waals surface area (Å²) in [6.07, 6.45) is 0. The molecule has 0 amide bonds. The van der Waals surface area contributed by atoms with Crippen molar-refractivity contribution in [3.63, 3.8) is 0 Å². The highest BCUT2D eigenvalue weighted by atomic mass is 35.5. The van der Waals surface area contributed by atoms with Gasteiger partial charge >= 0.3 is 0 Å². The number of halogens is 2. The predicted octanol–water partition coefficient (Wildman–Crippen LogP) is 3.37. The molecule has 2 heteroatoms. The van der Waals surface area contributed by atoms with E-state index in [0.29, 0.717) is 0 Å².